The number of carbonyl (C=O) groups is 2. The summed E-state index contributed by atoms with van der Waals surface area (Å²) in [4.78, 5) is 24.5. The summed E-state index contributed by atoms with van der Waals surface area (Å²) >= 11 is 0. The van der Waals surface area contributed by atoms with E-state index in [1.54, 1.807) is 37.3 Å². The SMILES string of the molecule is CC[C@@H](C(=O)Nc1cccc(C(C)=O)c1)N(c1cc(C)ccc1C)S(C)(=O)=O. The molecule has 28 heavy (non-hydrogen) atoms. The number of aryl methyl sites for hydroxylation is 2. The zero-order valence-electron chi connectivity index (χ0n) is 16.8. The minimum atomic E-state index is -3.71. The smallest absolute Gasteiger partial charge is 0.248 e. The Bertz CT molecular complexity index is 999. The highest BCUT2D eigenvalue weighted by atomic mass is 32.2. The number of amides is 1. The molecule has 150 valence electrons. The minimum Gasteiger partial charge on any atom is -0.324 e. The molecule has 1 amide bonds. The summed E-state index contributed by atoms with van der Waals surface area (Å²) in [5.41, 5.74) is 3.08. The average molecular weight is 403 g/mol. The van der Waals surface area contributed by atoms with Crippen molar-refractivity contribution < 1.29 is 18.0 Å². The van der Waals surface area contributed by atoms with E-state index in [-0.39, 0.29) is 5.78 Å². The summed E-state index contributed by atoms with van der Waals surface area (Å²) in [6, 6.07) is 11.2. The molecule has 0 unspecified atom stereocenters. The van der Waals surface area contributed by atoms with Gasteiger partial charge in [0.1, 0.15) is 6.04 Å². The van der Waals surface area contributed by atoms with Crippen LogP contribution in [0.3, 0.4) is 0 Å². The highest BCUT2D eigenvalue weighted by molar-refractivity contribution is 7.92. The van der Waals surface area contributed by atoms with Gasteiger partial charge in [0, 0.05) is 11.3 Å². The molecule has 0 aromatic heterocycles. The first-order chi connectivity index (χ1) is 13.0. The maximum atomic E-state index is 13.0. The molecule has 6 nitrogen and oxygen atoms in total. The van der Waals surface area contributed by atoms with Gasteiger partial charge in [-0.25, -0.2) is 8.42 Å². The number of hydrogen-bond donors (Lipinski definition) is 1. The summed E-state index contributed by atoms with van der Waals surface area (Å²) in [6.45, 7) is 6.90. The number of ketones is 1. The molecule has 0 aliphatic heterocycles. The number of rotatable bonds is 7. The van der Waals surface area contributed by atoms with Crippen LogP contribution < -0.4 is 9.62 Å². The molecule has 0 aliphatic carbocycles. The fraction of sp³-hybridized carbons (Fsp3) is 0.333. The monoisotopic (exact) mass is 402 g/mol. The number of Topliss-reactive ketones (excluding diaryl/α,β-unsaturated/α-hetero) is 1. The third kappa shape index (κ3) is 4.98. The molecule has 0 saturated heterocycles. The van der Waals surface area contributed by atoms with Gasteiger partial charge in [-0.1, -0.05) is 31.2 Å². The van der Waals surface area contributed by atoms with Crippen LogP contribution in [0.4, 0.5) is 11.4 Å². The second-order valence-corrected chi connectivity index (χ2v) is 8.76. The number of carbonyl (C=O) groups excluding carboxylic acids is 2. The van der Waals surface area contributed by atoms with Gasteiger partial charge in [0.05, 0.1) is 11.9 Å². The topological polar surface area (TPSA) is 83.6 Å². The van der Waals surface area contributed by atoms with E-state index >= 15 is 0 Å². The van der Waals surface area contributed by atoms with E-state index in [9.17, 15) is 18.0 Å². The molecule has 0 aliphatic rings. The number of benzene rings is 2. The number of sulfonamides is 1. The van der Waals surface area contributed by atoms with Crippen LogP contribution in [0.2, 0.25) is 0 Å². The van der Waals surface area contributed by atoms with Crippen molar-refractivity contribution in [1.82, 2.24) is 0 Å². The lowest BCUT2D eigenvalue weighted by molar-refractivity contribution is -0.117. The van der Waals surface area contributed by atoms with Crippen molar-refractivity contribution >= 4 is 33.1 Å². The van der Waals surface area contributed by atoms with Crippen molar-refractivity contribution in [3.63, 3.8) is 0 Å². The maximum Gasteiger partial charge on any atom is 0.248 e. The van der Waals surface area contributed by atoms with Crippen LogP contribution in [-0.4, -0.2) is 32.4 Å². The Morgan fingerprint density at radius 2 is 1.79 bits per heavy atom. The molecule has 7 heteroatoms. The van der Waals surface area contributed by atoms with Gasteiger partial charge in [0.2, 0.25) is 15.9 Å². The molecule has 0 bridgehead atoms. The molecule has 2 rings (SSSR count). The third-order valence-electron chi connectivity index (χ3n) is 4.47. The fourth-order valence-electron chi connectivity index (χ4n) is 3.03. The fourth-order valence-corrected chi connectivity index (χ4v) is 4.29. The Morgan fingerprint density at radius 3 is 2.36 bits per heavy atom. The minimum absolute atomic E-state index is 0.115. The van der Waals surface area contributed by atoms with Crippen LogP contribution in [0.15, 0.2) is 42.5 Å². The van der Waals surface area contributed by atoms with E-state index in [4.69, 9.17) is 0 Å². The Hall–Kier alpha value is -2.67. The van der Waals surface area contributed by atoms with Crippen LogP contribution in [-0.2, 0) is 14.8 Å². The standard InChI is InChI=1S/C21H26N2O4S/c1-6-19(21(25)22-18-9-7-8-17(13-18)16(4)24)23(28(5,26)27)20-12-14(2)10-11-15(20)3/h7-13,19H,6H2,1-5H3,(H,22,25)/t19-/m0/s1. The predicted molar refractivity (Wildman–Crippen MR) is 112 cm³/mol. The van der Waals surface area contributed by atoms with E-state index in [1.807, 2.05) is 26.0 Å². The first-order valence-corrected chi connectivity index (χ1v) is 10.9. The van der Waals surface area contributed by atoms with Crippen molar-refractivity contribution in [2.24, 2.45) is 0 Å². The van der Waals surface area contributed by atoms with Crippen LogP contribution in [0.25, 0.3) is 0 Å². The van der Waals surface area contributed by atoms with Crippen molar-refractivity contribution in [3.8, 4) is 0 Å². The zero-order chi connectivity index (χ0) is 21.1. The Balaban J connectivity index is 2.44. The van der Waals surface area contributed by atoms with Gasteiger partial charge < -0.3 is 5.32 Å². The summed E-state index contributed by atoms with van der Waals surface area (Å²) in [5, 5.41) is 2.75. The van der Waals surface area contributed by atoms with Gasteiger partial charge in [-0.05, 0) is 56.5 Å². The van der Waals surface area contributed by atoms with E-state index in [0.717, 1.165) is 17.4 Å². The van der Waals surface area contributed by atoms with E-state index in [0.29, 0.717) is 23.4 Å². The Labute approximate surface area is 166 Å². The first kappa shape index (κ1) is 21.6. The number of nitrogens with one attached hydrogen (secondary N) is 1. The van der Waals surface area contributed by atoms with E-state index < -0.39 is 22.0 Å². The Morgan fingerprint density at radius 1 is 1.11 bits per heavy atom. The molecule has 1 N–H and O–H groups in total. The summed E-state index contributed by atoms with van der Waals surface area (Å²) in [7, 11) is -3.71. The van der Waals surface area contributed by atoms with Crippen molar-refractivity contribution in [1.29, 1.82) is 0 Å². The van der Waals surface area contributed by atoms with Crippen LogP contribution in [0.1, 0.15) is 41.8 Å². The maximum absolute atomic E-state index is 13.0. The van der Waals surface area contributed by atoms with Crippen LogP contribution in [0.5, 0.6) is 0 Å². The molecule has 0 spiro atoms. The number of hydrogen-bond acceptors (Lipinski definition) is 4. The molecule has 0 fully saturated rings. The van der Waals surface area contributed by atoms with Gasteiger partial charge in [0.15, 0.2) is 5.78 Å². The number of anilines is 2. The zero-order valence-corrected chi connectivity index (χ0v) is 17.6. The van der Waals surface area contributed by atoms with Crippen LogP contribution in [0, 0.1) is 13.8 Å². The molecule has 0 saturated carbocycles. The average Bonchev–Trinajstić information content (AvgIpc) is 2.61. The molecule has 1 atom stereocenters. The third-order valence-corrected chi connectivity index (χ3v) is 5.63. The number of nitrogens with zero attached hydrogens (tertiary/aromatic N) is 1. The molecule has 2 aromatic carbocycles. The van der Waals surface area contributed by atoms with E-state index in [1.165, 1.54) is 11.2 Å². The van der Waals surface area contributed by atoms with Gasteiger partial charge in [-0.3, -0.25) is 13.9 Å². The lowest BCUT2D eigenvalue weighted by Crippen LogP contribution is -2.47. The summed E-state index contributed by atoms with van der Waals surface area (Å²) in [5.74, 6) is -0.564. The molecule has 0 heterocycles. The molecular weight excluding hydrogens is 376 g/mol. The highest BCUT2D eigenvalue weighted by Crippen LogP contribution is 2.28. The Kier molecular flexibility index (Phi) is 6.61. The predicted octanol–water partition coefficient (Wildman–Crippen LogP) is 3.69. The van der Waals surface area contributed by atoms with Gasteiger partial charge in [-0.2, -0.15) is 0 Å². The van der Waals surface area contributed by atoms with Crippen molar-refractivity contribution in [2.45, 2.75) is 40.2 Å². The van der Waals surface area contributed by atoms with Crippen molar-refractivity contribution in [2.75, 3.05) is 15.9 Å². The van der Waals surface area contributed by atoms with Gasteiger partial charge in [-0.15, -0.1) is 0 Å². The van der Waals surface area contributed by atoms with Crippen LogP contribution >= 0.6 is 0 Å². The largest absolute Gasteiger partial charge is 0.324 e. The quantitative estimate of drug-likeness (QED) is 0.716. The van der Waals surface area contributed by atoms with Crippen molar-refractivity contribution in [3.05, 3.63) is 59.2 Å². The molecular formula is C21H26N2O4S. The first-order valence-electron chi connectivity index (χ1n) is 9.03. The van der Waals surface area contributed by atoms with E-state index in [2.05, 4.69) is 5.32 Å². The summed E-state index contributed by atoms with van der Waals surface area (Å²) in [6.07, 6.45) is 1.39. The highest BCUT2D eigenvalue weighted by Gasteiger charge is 2.32. The lowest BCUT2D eigenvalue weighted by Gasteiger charge is -2.31. The lowest BCUT2D eigenvalue weighted by atomic mass is 10.1. The summed E-state index contributed by atoms with van der Waals surface area (Å²) < 4.78 is 26.4. The molecule has 2 aromatic rings. The normalized spacial score (nSPS) is 12.3. The second-order valence-electron chi connectivity index (χ2n) is 6.90. The van der Waals surface area contributed by atoms with Gasteiger partial charge in [0.25, 0.3) is 0 Å². The van der Waals surface area contributed by atoms with Gasteiger partial charge >= 0.3 is 0 Å². The second kappa shape index (κ2) is 8.56. The molecule has 0 radical (unpaired) electrons.